The number of likely N-dealkylation sites (N-methyl/N-ethyl adjacent to an activating group) is 1. The van der Waals surface area contributed by atoms with Crippen LogP contribution in [0.3, 0.4) is 0 Å². The maximum atomic E-state index is 12.6. The Morgan fingerprint density at radius 2 is 1.96 bits per heavy atom. The van der Waals surface area contributed by atoms with E-state index >= 15 is 0 Å². The fourth-order valence-corrected chi connectivity index (χ4v) is 4.16. The van der Waals surface area contributed by atoms with Gasteiger partial charge in [0.15, 0.2) is 0 Å². The number of nitrogens with one attached hydrogen (secondary N) is 1. The Labute approximate surface area is 159 Å². The van der Waals surface area contributed by atoms with Crippen LogP contribution in [0.5, 0.6) is 0 Å². The third-order valence-electron chi connectivity index (χ3n) is 4.15. The van der Waals surface area contributed by atoms with Gasteiger partial charge in [0, 0.05) is 31.2 Å². The smallest absolute Gasteiger partial charge is 0.242 e. The van der Waals surface area contributed by atoms with Crippen molar-refractivity contribution in [3.05, 3.63) is 46.7 Å². The van der Waals surface area contributed by atoms with E-state index in [4.69, 9.17) is 0 Å². The molecule has 0 aliphatic rings. The van der Waals surface area contributed by atoms with E-state index in [1.807, 2.05) is 31.4 Å². The van der Waals surface area contributed by atoms with Gasteiger partial charge in [-0.2, -0.15) is 0 Å². The Kier molecular flexibility index (Phi) is 6.94. The monoisotopic (exact) mass is 395 g/mol. The number of sulfonamides is 1. The minimum atomic E-state index is -3.54. The molecule has 0 saturated carbocycles. The van der Waals surface area contributed by atoms with Crippen molar-refractivity contribution in [3.63, 3.8) is 0 Å². The zero-order valence-corrected chi connectivity index (χ0v) is 17.1. The van der Waals surface area contributed by atoms with Crippen molar-refractivity contribution < 1.29 is 13.2 Å². The topological polar surface area (TPSA) is 69.7 Å². The summed E-state index contributed by atoms with van der Waals surface area (Å²) in [6.07, 6.45) is 0. The predicted octanol–water partition coefficient (Wildman–Crippen LogP) is 2.85. The molecule has 2 rings (SSSR count). The lowest BCUT2D eigenvalue weighted by Gasteiger charge is -2.26. The van der Waals surface area contributed by atoms with Gasteiger partial charge in [0.2, 0.25) is 15.9 Å². The number of benzene rings is 1. The Morgan fingerprint density at radius 1 is 1.23 bits per heavy atom. The number of hydrogen-bond donors (Lipinski definition) is 1. The van der Waals surface area contributed by atoms with Crippen LogP contribution in [0.2, 0.25) is 0 Å². The van der Waals surface area contributed by atoms with Crippen LogP contribution in [0.15, 0.2) is 46.7 Å². The van der Waals surface area contributed by atoms with Crippen LogP contribution >= 0.6 is 11.3 Å². The molecule has 0 spiro atoms. The molecule has 0 radical (unpaired) electrons. The van der Waals surface area contributed by atoms with Crippen molar-refractivity contribution in [1.82, 2.24) is 9.21 Å². The third kappa shape index (κ3) is 4.91. The minimum absolute atomic E-state index is 0.152. The normalized spacial score (nSPS) is 13.2. The molecule has 0 unspecified atom stereocenters. The summed E-state index contributed by atoms with van der Waals surface area (Å²) in [5, 5.41) is 4.85. The lowest BCUT2D eigenvalue weighted by Crippen LogP contribution is -2.41. The van der Waals surface area contributed by atoms with E-state index in [0.717, 1.165) is 10.8 Å². The Balaban J connectivity index is 2.11. The number of carbonyl (C=O) groups excluding carboxylic acids is 1. The first-order valence-electron chi connectivity index (χ1n) is 8.35. The van der Waals surface area contributed by atoms with Gasteiger partial charge in [-0.25, -0.2) is 12.7 Å². The summed E-state index contributed by atoms with van der Waals surface area (Å²) in [6.45, 7) is 5.31. The summed E-state index contributed by atoms with van der Waals surface area (Å²) in [4.78, 5) is 16.0. The molecule has 0 aliphatic heterocycles. The predicted molar refractivity (Wildman–Crippen MR) is 106 cm³/mol. The molecule has 1 aromatic heterocycles. The summed E-state index contributed by atoms with van der Waals surface area (Å²) < 4.78 is 25.6. The maximum Gasteiger partial charge on any atom is 0.242 e. The molecular weight excluding hydrogens is 370 g/mol. The van der Waals surface area contributed by atoms with Crippen molar-refractivity contribution >= 4 is 33.0 Å². The molecule has 1 N–H and O–H groups in total. The molecule has 0 saturated heterocycles. The summed E-state index contributed by atoms with van der Waals surface area (Å²) >= 11 is 1.66. The highest BCUT2D eigenvalue weighted by atomic mass is 32.2. The van der Waals surface area contributed by atoms with Crippen LogP contribution in [0, 0.1) is 0 Å². The molecular formula is C18H25N3O3S2. The van der Waals surface area contributed by atoms with Crippen LogP contribution in [0.25, 0.3) is 0 Å². The molecule has 0 aliphatic carbocycles. The molecule has 2 aromatic rings. The Morgan fingerprint density at radius 3 is 2.54 bits per heavy atom. The van der Waals surface area contributed by atoms with E-state index in [2.05, 4.69) is 10.2 Å². The van der Waals surface area contributed by atoms with Crippen LogP contribution in [-0.4, -0.2) is 50.2 Å². The molecule has 1 amide bonds. The van der Waals surface area contributed by atoms with Gasteiger partial charge in [-0.05, 0) is 43.1 Å². The molecule has 0 bridgehead atoms. The number of anilines is 1. The number of amides is 1. The van der Waals surface area contributed by atoms with Crippen LogP contribution in [0.1, 0.15) is 18.7 Å². The van der Waals surface area contributed by atoms with Gasteiger partial charge < -0.3 is 5.32 Å². The van der Waals surface area contributed by atoms with E-state index in [1.54, 1.807) is 23.5 Å². The largest absolute Gasteiger partial charge is 0.325 e. The van der Waals surface area contributed by atoms with Crippen molar-refractivity contribution in [1.29, 1.82) is 0 Å². The highest BCUT2D eigenvalue weighted by Gasteiger charge is 2.22. The van der Waals surface area contributed by atoms with Crippen molar-refractivity contribution in [3.8, 4) is 0 Å². The molecule has 8 heteroatoms. The zero-order valence-electron chi connectivity index (χ0n) is 15.5. The maximum absolute atomic E-state index is 12.6. The number of carbonyl (C=O) groups is 1. The quantitative estimate of drug-likeness (QED) is 0.746. The molecule has 6 nitrogen and oxygen atoms in total. The van der Waals surface area contributed by atoms with Gasteiger partial charge in [0.1, 0.15) is 0 Å². The zero-order chi connectivity index (χ0) is 19.3. The third-order valence-corrected chi connectivity index (χ3v) is 6.82. The molecule has 1 heterocycles. The lowest BCUT2D eigenvalue weighted by atomic mass is 10.2. The fraction of sp³-hybridized carbons (Fsp3) is 0.389. The van der Waals surface area contributed by atoms with Gasteiger partial charge in [-0.15, -0.1) is 11.3 Å². The van der Waals surface area contributed by atoms with Crippen molar-refractivity contribution in [2.45, 2.75) is 31.3 Å². The highest BCUT2D eigenvalue weighted by Crippen LogP contribution is 2.19. The first-order valence-corrected chi connectivity index (χ1v) is 10.7. The molecule has 1 atom stereocenters. The summed E-state index contributed by atoms with van der Waals surface area (Å²) in [5.41, 5.74) is 0.469. The summed E-state index contributed by atoms with van der Waals surface area (Å²) in [5.74, 6) is -0.164. The first-order chi connectivity index (χ1) is 12.3. The van der Waals surface area contributed by atoms with E-state index < -0.39 is 10.0 Å². The average molecular weight is 396 g/mol. The van der Waals surface area contributed by atoms with Gasteiger partial charge in [-0.3, -0.25) is 9.69 Å². The van der Waals surface area contributed by atoms with Crippen molar-refractivity contribution in [2.24, 2.45) is 0 Å². The van der Waals surface area contributed by atoms with Crippen LogP contribution in [0.4, 0.5) is 5.69 Å². The van der Waals surface area contributed by atoms with Gasteiger partial charge >= 0.3 is 0 Å². The second kappa shape index (κ2) is 8.77. The van der Waals surface area contributed by atoms with E-state index in [-0.39, 0.29) is 16.8 Å². The summed E-state index contributed by atoms with van der Waals surface area (Å²) in [6, 6.07) is 10.0. The Hall–Kier alpha value is -1.74. The molecule has 0 fully saturated rings. The number of rotatable bonds is 8. The van der Waals surface area contributed by atoms with E-state index in [0.29, 0.717) is 12.2 Å². The van der Waals surface area contributed by atoms with Crippen LogP contribution in [-0.2, 0) is 21.4 Å². The van der Waals surface area contributed by atoms with Gasteiger partial charge in [-0.1, -0.05) is 19.1 Å². The van der Waals surface area contributed by atoms with E-state index in [9.17, 15) is 13.2 Å². The van der Waals surface area contributed by atoms with E-state index in [1.165, 1.54) is 31.1 Å². The lowest BCUT2D eigenvalue weighted by molar-refractivity contribution is -0.120. The minimum Gasteiger partial charge on any atom is -0.325 e. The molecule has 26 heavy (non-hydrogen) atoms. The number of hydrogen-bond acceptors (Lipinski definition) is 5. The van der Waals surface area contributed by atoms with Crippen molar-refractivity contribution in [2.75, 3.05) is 26.0 Å². The summed E-state index contributed by atoms with van der Waals surface area (Å²) in [7, 11) is -0.581. The highest BCUT2D eigenvalue weighted by molar-refractivity contribution is 7.89. The second-order valence-corrected chi connectivity index (χ2v) is 9.31. The SMILES string of the molecule is CCN(Cc1cccs1)[C@@H](C)C(=O)Nc1cccc(S(=O)(=O)N(C)C)c1. The second-order valence-electron chi connectivity index (χ2n) is 6.12. The number of nitrogens with zero attached hydrogens (tertiary/aromatic N) is 2. The molecule has 142 valence electrons. The number of thiophene rings is 1. The molecule has 1 aromatic carbocycles. The van der Waals surface area contributed by atoms with Gasteiger partial charge in [0.05, 0.1) is 10.9 Å². The standard InChI is InChI=1S/C18H25N3O3S2/c1-5-21(13-16-9-7-11-25-16)14(2)18(22)19-15-8-6-10-17(12-15)26(23,24)20(3)4/h6-12,14H,5,13H2,1-4H3,(H,19,22)/t14-/m0/s1. The Bertz CT molecular complexity index is 833. The van der Waals surface area contributed by atoms with Crippen LogP contribution < -0.4 is 5.32 Å². The van der Waals surface area contributed by atoms with Gasteiger partial charge in [0.25, 0.3) is 0 Å². The first kappa shape index (κ1) is 20.6. The average Bonchev–Trinajstić information content (AvgIpc) is 3.12. The fourth-order valence-electron chi connectivity index (χ4n) is 2.48.